The topological polar surface area (TPSA) is 239 Å². The molecule has 1 aliphatic heterocycles. The minimum Gasteiger partial charge on any atom is -0.455 e. The van der Waals surface area contributed by atoms with E-state index < -0.39 is 125 Å². The maximum absolute atomic E-state index is 15.8. The first-order valence-electron chi connectivity index (χ1n) is 23.9. The molecule has 0 aromatic heterocycles. The predicted molar refractivity (Wildman–Crippen MR) is 253 cm³/mol. The van der Waals surface area contributed by atoms with Crippen LogP contribution in [-0.2, 0) is 66.5 Å². The Morgan fingerprint density at radius 1 is 0.901 bits per heavy atom. The van der Waals surface area contributed by atoms with Crippen LogP contribution < -0.4 is 10.6 Å². The summed E-state index contributed by atoms with van der Waals surface area (Å²) in [6.45, 7) is 13.1. The summed E-state index contributed by atoms with van der Waals surface area (Å²) >= 11 is 0. The number of ether oxygens (including phenoxy) is 10. The molecule has 19 nitrogen and oxygen atoms in total. The van der Waals surface area contributed by atoms with Crippen molar-refractivity contribution in [1.82, 2.24) is 10.6 Å². The molecule has 0 unspecified atom stereocenters. The third kappa shape index (κ3) is 11.1. The molecule has 19 heteroatoms. The Morgan fingerprint density at radius 2 is 1.55 bits per heavy atom. The van der Waals surface area contributed by atoms with Crippen molar-refractivity contribution in [3.05, 3.63) is 82.9 Å². The number of ketones is 1. The number of amides is 1. The second kappa shape index (κ2) is 22.2. The largest absolute Gasteiger partial charge is 0.455 e. The van der Waals surface area contributed by atoms with Gasteiger partial charge in [-0.1, -0.05) is 62.4 Å². The Balaban J connectivity index is 1.50. The predicted octanol–water partition coefficient (Wildman–Crippen LogP) is 4.37. The van der Waals surface area contributed by atoms with Gasteiger partial charge in [0.15, 0.2) is 11.4 Å². The van der Waals surface area contributed by atoms with Crippen molar-refractivity contribution in [3.8, 4) is 0 Å². The highest BCUT2D eigenvalue weighted by Crippen LogP contribution is 2.65. The number of likely N-dealkylation sites (N-methyl/N-ethyl adjacent to an activating group) is 1. The van der Waals surface area contributed by atoms with Crippen LogP contribution in [0.1, 0.15) is 90.2 Å². The van der Waals surface area contributed by atoms with E-state index in [9.17, 15) is 24.3 Å². The van der Waals surface area contributed by atoms with Gasteiger partial charge in [-0.15, -0.1) is 0 Å². The fourth-order valence-electron chi connectivity index (χ4n) is 10.9. The Morgan fingerprint density at radius 3 is 2.13 bits per heavy atom. The normalized spacial score (nSPS) is 29.6. The molecule has 3 fully saturated rings. The molecule has 71 heavy (non-hydrogen) atoms. The maximum atomic E-state index is 15.8. The van der Waals surface area contributed by atoms with E-state index >= 15 is 9.59 Å². The smallest absolute Gasteiger partial charge is 0.408 e. The molecule has 3 N–H and O–H groups in total. The van der Waals surface area contributed by atoms with Gasteiger partial charge in [0.2, 0.25) is 6.10 Å². The van der Waals surface area contributed by atoms with E-state index in [2.05, 4.69) is 10.6 Å². The maximum Gasteiger partial charge on any atom is 0.408 e. The molecule has 1 saturated heterocycles. The first-order chi connectivity index (χ1) is 33.5. The Bertz CT molecular complexity index is 2280. The van der Waals surface area contributed by atoms with Crippen LogP contribution in [0.2, 0.25) is 0 Å². The van der Waals surface area contributed by atoms with Crippen LogP contribution in [0.3, 0.4) is 0 Å². The summed E-state index contributed by atoms with van der Waals surface area (Å²) in [6, 6.07) is 14.9. The number of alkyl carbamates (subject to hydrolysis) is 1. The van der Waals surface area contributed by atoms with Crippen molar-refractivity contribution in [1.29, 1.82) is 0 Å². The van der Waals surface area contributed by atoms with Gasteiger partial charge in [-0.05, 0) is 70.5 Å². The quantitative estimate of drug-likeness (QED) is 0.0766. The number of methoxy groups -OCH3 is 2. The Kier molecular flexibility index (Phi) is 17.2. The third-order valence-electron chi connectivity index (χ3n) is 14.4. The van der Waals surface area contributed by atoms with Gasteiger partial charge in [0.1, 0.15) is 48.3 Å². The van der Waals surface area contributed by atoms with Gasteiger partial charge in [-0.25, -0.2) is 19.2 Å². The van der Waals surface area contributed by atoms with Gasteiger partial charge in [0, 0.05) is 45.9 Å². The molecule has 11 atom stereocenters. The third-order valence-corrected chi connectivity index (χ3v) is 14.4. The molecule has 2 aromatic rings. The average Bonchev–Trinajstić information content (AvgIpc) is 3.31. The van der Waals surface area contributed by atoms with Crippen LogP contribution in [0.4, 0.5) is 4.79 Å². The monoisotopic (exact) mass is 994 g/mol. The number of Topliss-reactive ketones (excluding diaryl/α,β-unsaturated/α-hetero) is 1. The number of hydrogen-bond donors (Lipinski definition) is 3. The molecule has 0 radical (unpaired) electrons. The average molecular weight is 995 g/mol. The summed E-state index contributed by atoms with van der Waals surface area (Å²) < 4.78 is 60.0. The highest BCUT2D eigenvalue weighted by atomic mass is 16.6. The highest BCUT2D eigenvalue weighted by Gasteiger charge is 2.78. The summed E-state index contributed by atoms with van der Waals surface area (Å²) in [5.41, 5.74) is -7.21. The molecule has 4 aliphatic rings. The molecule has 2 saturated carbocycles. The van der Waals surface area contributed by atoms with E-state index in [1.54, 1.807) is 104 Å². The van der Waals surface area contributed by atoms with Crippen LogP contribution in [0.15, 0.2) is 71.8 Å². The number of fused-ring (bicyclic) bond motifs is 5. The van der Waals surface area contributed by atoms with Gasteiger partial charge in [0.25, 0.3) is 0 Å². The fraction of sp³-hybridized carbons (Fsp3) is 0.615. The SMILES string of the molecule is CNCCOCCOCC(=O)O[C@@H](C(=O)O[C@H]1C[C@@]2(O)[C@@H](OC(=O)c3ccccc3)[C@@H]3[C@]4(OC(C)=O)CO[C@@H]4C[C@H](OC)[C@@]3(C)C(=O)[C@H](OC)C(=C1C)C2(C)C)[C@@H](NC(=O)OC(C)(C)C)c1ccccc1. The zero-order chi connectivity index (χ0) is 52.1. The van der Waals surface area contributed by atoms with E-state index in [-0.39, 0.29) is 37.4 Å². The van der Waals surface area contributed by atoms with Gasteiger partial charge in [0.05, 0.1) is 49.4 Å². The Labute approximate surface area is 414 Å². The lowest BCUT2D eigenvalue weighted by Crippen LogP contribution is -2.82. The second-order valence-electron chi connectivity index (χ2n) is 20.2. The highest BCUT2D eigenvalue weighted by molar-refractivity contribution is 5.94. The molecular formula is C52H70N2O17. The lowest BCUT2D eigenvalue weighted by molar-refractivity contribution is -0.347. The van der Waals surface area contributed by atoms with Gasteiger partial charge >= 0.3 is 30.0 Å². The number of aliphatic hydroxyl groups is 1. The first-order valence-corrected chi connectivity index (χ1v) is 23.9. The van der Waals surface area contributed by atoms with E-state index in [1.165, 1.54) is 33.3 Å². The van der Waals surface area contributed by atoms with Crippen molar-refractivity contribution in [3.63, 3.8) is 0 Å². The molecule has 1 amide bonds. The minimum atomic E-state index is -2.30. The van der Waals surface area contributed by atoms with Gasteiger partial charge in [-0.3, -0.25) is 9.59 Å². The number of esters is 4. The Hall–Kier alpha value is -5.28. The van der Waals surface area contributed by atoms with Gasteiger partial charge < -0.3 is 63.1 Å². The summed E-state index contributed by atoms with van der Waals surface area (Å²) in [4.78, 5) is 85.9. The fourth-order valence-corrected chi connectivity index (χ4v) is 10.9. The number of nitrogens with one attached hydrogen (secondary N) is 2. The standard InChI is InChI=1S/C52H70N2O17/c1-30-34(67-46(59)41(68-37(56)28-65-25-24-64-23-22-53-9)39(32-18-14-12-15-19-32)54-47(60)71-48(3,4)5)27-52(61)44(69-45(58)33-20-16-13-17-21-33)42-50(8,43(57)40(63-11)38(30)49(52,6)7)35(62-10)26-36-51(42,29-66-36)70-31(2)55/h12-21,34-36,39-42,44,53,61H,22-29H2,1-11H3,(H,54,60)/t34-,35-,36+,39-,40+,41+,42-,44-,50+,51-,52+/m0/s1. The van der Waals surface area contributed by atoms with Crippen molar-refractivity contribution in [2.75, 3.05) is 60.8 Å². The second-order valence-corrected chi connectivity index (χ2v) is 20.2. The molecular weight excluding hydrogens is 925 g/mol. The van der Waals surface area contributed by atoms with Crippen LogP contribution in [-0.4, -0.2) is 155 Å². The van der Waals surface area contributed by atoms with Crippen LogP contribution in [0.5, 0.6) is 0 Å². The van der Waals surface area contributed by atoms with Crippen LogP contribution in [0, 0.1) is 16.7 Å². The minimum absolute atomic E-state index is 0.0155. The summed E-state index contributed by atoms with van der Waals surface area (Å²) in [6.07, 6.45) is -9.68. The van der Waals surface area contributed by atoms with Crippen LogP contribution >= 0.6 is 0 Å². The zero-order valence-corrected chi connectivity index (χ0v) is 42.5. The number of carbonyl (C=O) groups is 6. The van der Waals surface area contributed by atoms with Gasteiger partial charge in [-0.2, -0.15) is 0 Å². The lowest BCUT2D eigenvalue weighted by Gasteiger charge is -2.67. The lowest BCUT2D eigenvalue weighted by atomic mass is 9.44. The molecule has 390 valence electrons. The van der Waals surface area contributed by atoms with Crippen molar-refractivity contribution >= 4 is 35.8 Å². The summed E-state index contributed by atoms with van der Waals surface area (Å²) in [5.74, 6) is -5.66. The van der Waals surface area contributed by atoms with E-state index in [1.807, 2.05) is 0 Å². The first kappa shape index (κ1) is 55.0. The van der Waals surface area contributed by atoms with Crippen molar-refractivity contribution in [2.45, 2.75) is 128 Å². The number of benzene rings is 2. The summed E-state index contributed by atoms with van der Waals surface area (Å²) in [7, 11) is 4.54. The molecule has 6 rings (SSSR count). The van der Waals surface area contributed by atoms with E-state index in [4.69, 9.17) is 47.4 Å². The van der Waals surface area contributed by atoms with Crippen molar-refractivity contribution in [2.24, 2.45) is 16.7 Å². The van der Waals surface area contributed by atoms with Crippen LogP contribution in [0.25, 0.3) is 0 Å². The molecule has 3 aliphatic carbocycles. The molecule has 1 heterocycles. The number of rotatable bonds is 19. The zero-order valence-electron chi connectivity index (χ0n) is 42.5. The molecule has 2 aromatic carbocycles. The van der Waals surface area contributed by atoms with Crippen molar-refractivity contribution < 1.29 is 81.2 Å². The number of hydrogen-bond acceptors (Lipinski definition) is 18. The molecule has 0 spiro atoms. The van der Waals surface area contributed by atoms with E-state index in [0.717, 1.165) is 0 Å². The molecule has 2 bridgehead atoms. The van der Waals surface area contributed by atoms with E-state index in [0.29, 0.717) is 24.3 Å². The number of carbonyl (C=O) groups excluding carboxylic acids is 6. The summed E-state index contributed by atoms with van der Waals surface area (Å²) in [5, 5.41) is 19.6.